The number of hydrogen-bond acceptors (Lipinski definition) is 3. The first kappa shape index (κ1) is 16.8. The summed E-state index contributed by atoms with van der Waals surface area (Å²) in [5.41, 5.74) is 3.68. The molecule has 0 radical (unpaired) electrons. The molecule has 3 aromatic carbocycles. The maximum absolute atomic E-state index is 11.7. The van der Waals surface area contributed by atoms with Crippen LogP contribution < -0.4 is 9.47 Å². The lowest BCUT2D eigenvalue weighted by Gasteiger charge is -2.13. The average molecular weight is 332 g/mol. The van der Waals surface area contributed by atoms with Gasteiger partial charge in [-0.3, -0.25) is 4.79 Å². The number of benzene rings is 3. The average Bonchev–Trinajstić information content (AvgIpc) is 2.67. The topological polar surface area (TPSA) is 35.5 Å². The Labute approximate surface area is 147 Å². The molecule has 0 aliphatic carbocycles. The molecule has 126 valence electrons. The van der Waals surface area contributed by atoms with Crippen molar-refractivity contribution in [1.29, 1.82) is 0 Å². The minimum Gasteiger partial charge on any atom is -0.497 e. The van der Waals surface area contributed by atoms with E-state index in [1.165, 1.54) is 0 Å². The molecule has 25 heavy (non-hydrogen) atoms. The van der Waals surface area contributed by atoms with Crippen LogP contribution in [0.2, 0.25) is 0 Å². The number of Topliss-reactive ketones (excluding diaryl/α,β-unsaturated/α-hetero) is 1. The number of ether oxygens (including phenoxy) is 2. The van der Waals surface area contributed by atoms with Gasteiger partial charge in [-0.1, -0.05) is 48.5 Å². The molecule has 0 aliphatic rings. The molecule has 0 heterocycles. The van der Waals surface area contributed by atoms with Crippen molar-refractivity contribution in [2.75, 3.05) is 7.11 Å². The molecular weight excluding hydrogens is 312 g/mol. The van der Waals surface area contributed by atoms with Crippen LogP contribution in [0.15, 0.2) is 72.8 Å². The summed E-state index contributed by atoms with van der Waals surface area (Å²) in [6, 6.07) is 23.3. The molecule has 0 aliphatic heterocycles. The van der Waals surface area contributed by atoms with Gasteiger partial charge in [-0.25, -0.2) is 0 Å². The van der Waals surface area contributed by atoms with Crippen molar-refractivity contribution < 1.29 is 14.3 Å². The van der Waals surface area contributed by atoms with E-state index in [-0.39, 0.29) is 5.78 Å². The molecule has 3 heteroatoms. The molecule has 3 aromatic rings. The van der Waals surface area contributed by atoms with Crippen LogP contribution in [0.3, 0.4) is 0 Å². The SMILES string of the molecule is COc1ccc(-c2ccc(C(C)=O)cc2OCc2ccccc2)cc1. The van der Waals surface area contributed by atoms with Crippen molar-refractivity contribution >= 4 is 5.78 Å². The zero-order valence-electron chi connectivity index (χ0n) is 14.4. The quantitative estimate of drug-likeness (QED) is 0.586. The molecular formula is C22H20O3. The van der Waals surface area contributed by atoms with E-state index in [0.29, 0.717) is 17.9 Å². The first-order chi connectivity index (χ1) is 12.2. The molecule has 0 unspecified atom stereocenters. The molecule has 3 nitrogen and oxygen atoms in total. The van der Waals surface area contributed by atoms with E-state index in [2.05, 4.69) is 0 Å². The fourth-order valence-corrected chi connectivity index (χ4v) is 2.61. The summed E-state index contributed by atoms with van der Waals surface area (Å²) < 4.78 is 11.3. The molecule has 0 atom stereocenters. The number of carbonyl (C=O) groups is 1. The van der Waals surface area contributed by atoms with Gasteiger partial charge in [0.2, 0.25) is 0 Å². The van der Waals surface area contributed by atoms with Crippen LogP contribution in [-0.4, -0.2) is 12.9 Å². The van der Waals surface area contributed by atoms with E-state index in [1.807, 2.05) is 72.8 Å². The Hall–Kier alpha value is -3.07. The second-order valence-corrected chi connectivity index (χ2v) is 5.77. The molecule has 0 amide bonds. The Morgan fingerprint density at radius 2 is 1.64 bits per heavy atom. The highest BCUT2D eigenvalue weighted by Crippen LogP contribution is 2.33. The van der Waals surface area contributed by atoms with Crippen LogP contribution in [0, 0.1) is 0 Å². The van der Waals surface area contributed by atoms with E-state index in [4.69, 9.17) is 9.47 Å². The van der Waals surface area contributed by atoms with Crippen LogP contribution in [0.25, 0.3) is 11.1 Å². The van der Waals surface area contributed by atoms with Crippen molar-refractivity contribution in [1.82, 2.24) is 0 Å². The summed E-state index contributed by atoms with van der Waals surface area (Å²) in [5, 5.41) is 0. The summed E-state index contributed by atoms with van der Waals surface area (Å²) in [7, 11) is 1.64. The lowest BCUT2D eigenvalue weighted by Crippen LogP contribution is -2.00. The number of methoxy groups -OCH3 is 1. The Balaban J connectivity index is 1.94. The highest BCUT2D eigenvalue weighted by Gasteiger charge is 2.10. The van der Waals surface area contributed by atoms with Crippen molar-refractivity contribution in [3.05, 3.63) is 83.9 Å². The van der Waals surface area contributed by atoms with Gasteiger partial charge in [-0.05, 0) is 42.3 Å². The third kappa shape index (κ3) is 4.07. The highest BCUT2D eigenvalue weighted by atomic mass is 16.5. The zero-order chi connectivity index (χ0) is 17.6. The van der Waals surface area contributed by atoms with Gasteiger partial charge < -0.3 is 9.47 Å². The number of ketones is 1. The maximum atomic E-state index is 11.7. The largest absolute Gasteiger partial charge is 0.497 e. The Morgan fingerprint density at radius 3 is 2.28 bits per heavy atom. The van der Waals surface area contributed by atoms with Gasteiger partial charge in [0.25, 0.3) is 0 Å². The molecule has 3 rings (SSSR count). The maximum Gasteiger partial charge on any atom is 0.159 e. The van der Waals surface area contributed by atoms with Gasteiger partial charge in [-0.15, -0.1) is 0 Å². The smallest absolute Gasteiger partial charge is 0.159 e. The van der Waals surface area contributed by atoms with Crippen molar-refractivity contribution in [2.45, 2.75) is 13.5 Å². The minimum atomic E-state index is 0.0193. The lowest BCUT2D eigenvalue weighted by atomic mass is 10.0. The van der Waals surface area contributed by atoms with Gasteiger partial charge in [0.15, 0.2) is 5.78 Å². The summed E-state index contributed by atoms with van der Waals surface area (Å²) in [4.78, 5) is 11.7. The van der Waals surface area contributed by atoms with Crippen LogP contribution in [0.1, 0.15) is 22.8 Å². The first-order valence-corrected chi connectivity index (χ1v) is 8.13. The predicted octanol–water partition coefficient (Wildman–Crippen LogP) is 5.14. The lowest BCUT2D eigenvalue weighted by molar-refractivity contribution is 0.101. The van der Waals surface area contributed by atoms with E-state index < -0.39 is 0 Å². The third-order valence-corrected chi connectivity index (χ3v) is 4.03. The van der Waals surface area contributed by atoms with Crippen LogP contribution in [0.4, 0.5) is 0 Å². The number of carbonyl (C=O) groups excluding carboxylic acids is 1. The predicted molar refractivity (Wildman–Crippen MR) is 99.2 cm³/mol. The Bertz CT molecular complexity index is 852. The summed E-state index contributed by atoms with van der Waals surface area (Å²) in [6.07, 6.45) is 0. The van der Waals surface area contributed by atoms with Crippen LogP contribution >= 0.6 is 0 Å². The van der Waals surface area contributed by atoms with E-state index in [0.717, 1.165) is 22.4 Å². The molecule has 0 spiro atoms. The first-order valence-electron chi connectivity index (χ1n) is 8.13. The minimum absolute atomic E-state index is 0.0193. The van der Waals surface area contributed by atoms with E-state index >= 15 is 0 Å². The number of rotatable bonds is 6. The fraction of sp³-hybridized carbons (Fsp3) is 0.136. The number of hydrogen-bond donors (Lipinski definition) is 0. The normalized spacial score (nSPS) is 10.3. The third-order valence-electron chi connectivity index (χ3n) is 4.03. The van der Waals surface area contributed by atoms with Gasteiger partial charge in [0.05, 0.1) is 7.11 Å². The summed E-state index contributed by atoms with van der Waals surface area (Å²) >= 11 is 0. The summed E-state index contributed by atoms with van der Waals surface area (Å²) in [5.74, 6) is 1.52. The van der Waals surface area contributed by atoms with Crippen molar-refractivity contribution in [2.24, 2.45) is 0 Å². The van der Waals surface area contributed by atoms with Gasteiger partial charge >= 0.3 is 0 Å². The standard InChI is InChI=1S/C22H20O3/c1-16(23)19-10-13-21(18-8-11-20(24-2)12-9-18)22(14-19)25-15-17-6-4-3-5-7-17/h3-14H,15H2,1-2H3. The van der Waals surface area contributed by atoms with Gasteiger partial charge in [0, 0.05) is 11.1 Å². The molecule has 0 aromatic heterocycles. The van der Waals surface area contributed by atoms with Gasteiger partial charge in [-0.2, -0.15) is 0 Å². The van der Waals surface area contributed by atoms with Crippen molar-refractivity contribution in [3.63, 3.8) is 0 Å². The zero-order valence-corrected chi connectivity index (χ0v) is 14.4. The van der Waals surface area contributed by atoms with E-state index in [9.17, 15) is 4.79 Å². The summed E-state index contributed by atoms with van der Waals surface area (Å²) in [6.45, 7) is 2.01. The van der Waals surface area contributed by atoms with Crippen LogP contribution in [0.5, 0.6) is 11.5 Å². The second kappa shape index (κ2) is 7.67. The van der Waals surface area contributed by atoms with E-state index in [1.54, 1.807) is 14.0 Å². The molecule has 0 bridgehead atoms. The monoisotopic (exact) mass is 332 g/mol. The highest BCUT2D eigenvalue weighted by molar-refractivity contribution is 5.95. The fourth-order valence-electron chi connectivity index (χ4n) is 2.61. The van der Waals surface area contributed by atoms with Gasteiger partial charge in [0.1, 0.15) is 18.1 Å². The Morgan fingerprint density at radius 1 is 0.920 bits per heavy atom. The molecule has 0 saturated carbocycles. The van der Waals surface area contributed by atoms with Crippen LogP contribution in [-0.2, 0) is 6.61 Å². The molecule has 0 saturated heterocycles. The molecule has 0 fully saturated rings. The van der Waals surface area contributed by atoms with Crippen molar-refractivity contribution in [3.8, 4) is 22.6 Å². The molecule has 0 N–H and O–H groups in total. The second-order valence-electron chi connectivity index (χ2n) is 5.77. The Kier molecular flexibility index (Phi) is 5.14.